The van der Waals surface area contributed by atoms with Gasteiger partial charge in [0.25, 0.3) is 10.2 Å². The van der Waals surface area contributed by atoms with E-state index in [9.17, 15) is 13.2 Å². The van der Waals surface area contributed by atoms with Crippen molar-refractivity contribution in [3.05, 3.63) is 24.5 Å². The summed E-state index contributed by atoms with van der Waals surface area (Å²) in [6.45, 7) is 1.21. The summed E-state index contributed by atoms with van der Waals surface area (Å²) in [5.74, 6) is -0.211. The Hall–Kier alpha value is -1.51. The Bertz CT molecular complexity index is 647. The molecule has 0 N–H and O–H groups in total. The number of hydrogen-bond donors (Lipinski definition) is 0. The highest BCUT2D eigenvalue weighted by Gasteiger charge is 2.49. The molecule has 0 unspecified atom stereocenters. The Kier molecular flexibility index (Phi) is 3.46. The molecule has 1 amide bonds. The van der Waals surface area contributed by atoms with Crippen molar-refractivity contribution in [3.8, 4) is 0 Å². The van der Waals surface area contributed by atoms with E-state index in [0.717, 1.165) is 5.69 Å². The minimum absolute atomic E-state index is 0.00976. The summed E-state index contributed by atoms with van der Waals surface area (Å²) < 4.78 is 26.9. The summed E-state index contributed by atoms with van der Waals surface area (Å²) in [6.07, 6.45) is 3.32. The van der Waals surface area contributed by atoms with Crippen molar-refractivity contribution in [2.24, 2.45) is 11.8 Å². The molecule has 0 radical (unpaired) electrons. The lowest BCUT2D eigenvalue weighted by Gasteiger charge is -2.23. The van der Waals surface area contributed by atoms with E-state index in [1.54, 1.807) is 23.4 Å². The summed E-state index contributed by atoms with van der Waals surface area (Å²) in [6, 6.07) is 3.64. The molecule has 0 aliphatic carbocycles. The van der Waals surface area contributed by atoms with Crippen LogP contribution in [0.3, 0.4) is 0 Å². The maximum absolute atomic E-state index is 12.5. The second kappa shape index (κ2) is 5.04. The molecule has 2 fully saturated rings. The number of fused-ring (bicyclic) bond motifs is 1. The number of rotatable bonds is 3. The van der Waals surface area contributed by atoms with E-state index in [-0.39, 0.29) is 24.3 Å². The van der Waals surface area contributed by atoms with Crippen LogP contribution in [0.5, 0.6) is 0 Å². The summed E-state index contributed by atoms with van der Waals surface area (Å²) in [7, 11) is -0.426. The number of anilines is 1. The fourth-order valence-corrected chi connectivity index (χ4v) is 4.18. The smallest absolute Gasteiger partial charge is 0.281 e. The number of aromatic nitrogens is 1. The van der Waals surface area contributed by atoms with Crippen LogP contribution in [0.1, 0.15) is 0 Å². The fourth-order valence-electron chi connectivity index (χ4n) is 2.99. The van der Waals surface area contributed by atoms with Gasteiger partial charge >= 0.3 is 0 Å². The van der Waals surface area contributed by atoms with Gasteiger partial charge in [-0.15, -0.1) is 0 Å². The highest BCUT2D eigenvalue weighted by molar-refractivity contribution is 7.86. The Morgan fingerprint density at radius 3 is 2.62 bits per heavy atom. The maximum atomic E-state index is 12.5. The number of hydrogen-bond acceptors (Lipinski definition) is 4. The Morgan fingerprint density at radius 1 is 1.29 bits per heavy atom. The van der Waals surface area contributed by atoms with Crippen molar-refractivity contribution in [2.75, 3.05) is 38.6 Å². The minimum atomic E-state index is -3.44. The van der Waals surface area contributed by atoms with Crippen LogP contribution in [-0.2, 0) is 15.0 Å². The lowest BCUT2D eigenvalue weighted by Crippen LogP contribution is -2.41. The molecule has 3 heterocycles. The summed E-state index contributed by atoms with van der Waals surface area (Å²) in [5.41, 5.74) is 0.777. The monoisotopic (exact) mass is 310 g/mol. The van der Waals surface area contributed by atoms with E-state index >= 15 is 0 Å². The predicted molar refractivity (Wildman–Crippen MR) is 77.7 cm³/mol. The van der Waals surface area contributed by atoms with Crippen LogP contribution in [0.2, 0.25) is 0 Å². The van der Waals surface area contributed by atoms with Gasteiger partial charge < -0.3 is 4.90 Å². The molecule has 1 aromatic heterocycles. The molecule has 0 bridgehead atoms. The molecule has 1 aromatic rings. The van der Waals surface area contributed by atoms with Gasteiger partial charge in [0.1, 0.15) is 0 Å². The van der Waals surface area contributed by atoms with E-state index in [0.29, 0.717) is 13.1 Å². The number of pyridine rings is 1. The van der Waals surface area contributed by atoms with E-state index in [4.69, 9.17) is 0 Å². The SMILES string of the molecule is CN(C)S(=O)(=O)N1C[C@H]2CN(c3cccnc3)C(=O)[C@H]2C1. The molecule has 2 aliphatic rings. The number of carbonyl (C=O) groups excluding carboxylic acids is 1. The molecule has 7 nitrogen and oxygen atoms in total. The first-order valence-electron chi connectivity index (χ1n) is 6.80. The molecule has 0 spiro atoms. The molecule has 0 saturated carbocycles. The normalized spacial score (nSPS) is 26.6. The van der Waals surface area contributed by atoms with Crippen molar-refractivity contribution in [2.45, 2.75) is 0 Å². The zero-order chi connectivity index (χ0) is 15.2. The van der Waals surface area contributed by atoms with Crippen molar-refractivity contribution in [1.82, 2.24) is 13.6 Å². The second-order valence-corrected chi connectivity index (χ2v) is 7.78. The van der Waals surface area contributed by atoms with Crippen LogP contribution in [0.15, 0.2) is 24.5 Å². The third kappa shape index (κ3) is 2.33. The molecule has 2 atom stereocenters. The topological polar surface area (TPSA) is 73.8 Å². The minimum Gasteiger partial charge on any atom is -0.310 e. The van der Waals surface area contributed by atoms with Crippen molar-refractivity contribution < 1.29 is 13.2 Å². The highest BCUT2D eigenvalue weighted by Crippen LogP contribution is 2.36. The van der Waals surface area contributed by atoms with Crippen LogP contribution >= 0.6 is 0 Å². The molecular formula is C13H18N4O3S. The van der Waals surface area contributed by atoms with Crippen LogP contribution in [0.25, 0.3) is 0 Å². The molecule has 3 rings (SSSR count). The number of nitrogens with zero attached hydrogens (tertiary/aromatic N) is 4. The van der Waals surface area contributed by atoms with E-state index in [2.05, 4.69) is 4.98 Å². The standard InChI is InChI=1S/C13H18N4O3S/c1-15(2)21(19,20)16-7-10-8-17(13(18)12(10)9-16)11-4-3-5-14-6-11/h3-6,10,12H,7-9H2,1-2H3/t10-,12-/m0/s1. The van der Waals surface area contributed by atoms with Gasteiger partial charge in [-0.25, -0.2) is 0 Å². The van der Waals surface area contributed by atoms with Gasteiger partial charge in [-0.05, 0) is 12.1 Å². The Balaban J connectivity index is 1.78. The summed E-state index contributed by atoms with van der Waals surface area (Å²) >= 11 is 0. The van der Waals surface area contributed by atoms with Crippen LogP contribution in [-0.4, -0.2) is 61.6 Å². The first-order chi connectivity index (χ1) is 9.91. The molecule has 2 aliphatic heterocycles. The van der Waals surface area contributed by atoms with Gasteiger partial charge in [0.15, 0.2) is 0 Å². The van der Waals surface area contributed by atoms with Crippen LogP contribution < -0.4 is 4.90 Å². The quantitative estimate of drug-likeness (QED) is 0.774. The van der Waals surface area contributed by atoms with Crippen molar-refractivity contribution in [1.29, 1.82) is 0 Å². The lowest BCUT2D eigenvalue weighted by molar-refractivity contribution is -0.120. The summed E-state index contributed by atoms with van der Waals surface area (Å²) in [5, 5.41) is 0. The van der Waals surface area contributed by atoms with Gasteiger partial charge in [0.2, 0.25) is 5.91 Å². The zero-order valence-corrected chi connectivity index (χ0v) is 12.8. The fraction of sp³-hybridized carbons (Fsp3) is 0.538. The molecule has 8 heteroatoms. The third-order valence-electron chi connectivity index (χ3n) is 4.15. The van der Waals surface area contributed by atoms with Crippen molar-refractivity contribution in [3.63, 3.8) is 0 Å². The second-order valence-electron chi connectivity index (χ2n) is 5.63. The Labute approximate surface area is 124 Å². The maximum Gasteiger partial charge on any atom is 0.281 e. The van der Waals surface area contributed by atoms with E-state index < -0.39 is 10.2 Å². The first kappa shape index (κ1) is 14.4. The average Bonchev–Trinajstić information content (AvgIpc) is 3.00. The largest absolute Gasteiger partial charge is 0.310 e. The van der Waals surface area contributed by atoms with Gasteiger partial charge in [-0.1, -0.05) is 0 Å². The predicted octanol–water partition coefficient (Wildman–Crippen LogP) is -0.217. The van der Waals surface area contributed by atoms with Crippen LogP contribution in [0.4, 0.5) is 5.69 Å². The Morgan fingerprint density at radius 2 is 2.05 bits per heavy atom. The first-order valence-corrected chi connectivity index (χ1v) is 8.20. The molecule has 114 valence electrons. The van der Waals surface area contributed by atoms with E-state index in [1.165, 1.54) is 22.7 Å². The molecule has 21 heavy (non-hydrogen) atoms. The summed E-state index contributed by atoms with van der Waals surface area (Å²) in [4.78, 5) is 18.2. The van der Waals surface area contributed by atoms with E-state index in [1.807, 2.05) is 6.07 Å². The van der Waals surface area contributed by atoms with Gasteiger partial charge in [-0.2, -0.15) is 17.0 Å². The molecule has 0 aromatic carbocycles. The average molecular weight is 310 g/mol. The van der Waals surface area contributed by atoms with Gasteiger partial charge in [0.05, 0.1) is 17.8 Å². The highest BCUT2D eigenvalue weighted by atomic mass is 32.2. The lowest BCUT2D eigenvalue weighted by atomic mass is 10.0. The molecular weight excluding hydrogens is 292 g/mol. The zero-order valence-electron chi connectivity index (χ0n) is 12.0. The van der Waals surface area contributed by atoms with Gasteiger partial charge in [-0.3, -0.25) is 9.78 Å². The van der Waals surface area contributed by atoms with Crippen LogP contribution in [0, 0.1) is 11.8 Å². The number of amides is 1. The van der Waals surface area contributed by atoms with Gasteiger partial charge in [0, 0.05) is 45.8 Å². The molecule has 2 saturated heterocycles. The third-order valence-corrected chi connectivity index (χ3v) is 6.03. The number of carbonyl (C=O) groups is 1. The van der Waals surface area contributed by atoms with Crippen molar-refractivity contribution >= 4 is 21.8 Å².